The average molecular weight is 316 g/mol. The quantitative estimate of drug-likeness (QED) is 0.858. The van der Waals surface area contributed by atoms with Gasteiger partial charge in [-0.05, 0) is 39.8 Å². The minimum atomic E-state index is -2.54. The number of alkyl halides is 2. The highest BCUT2D eigenvalue weighted by molar-refractivity contribution is 5.90. The first kappa shape index (κ1) is 18.0. The average Bonchev–Trinajstić information content (AvgIpc) is 2.38. The van der Waals surface area contributed by atoms with E-state index in [-0.39, 0.29) is 0 Å². The lowest BCUT2D eigenvalue weighted by atomic mass is 10.2. The Kier molecular flexibility index (Phi) is 5.96. The molecule has 0 aromatic heterocycles. The third-order valence-corrected chi connectivity index (χ3v) is 2.62. The van der Waals surface area contributed by atoms with Crippen LogP contribution in [0.1, 0.15) is 27.7 Å². The molecule has 22 heavy (non-hydrogen) atoms. The van der Waals surface area contributed by atoms with Crippen LogP contribution in [-0.2, 0) is 4.74 Å². The summed E-state index contributed by atoms with van der Waals surface area (Å²) >= 11 is 0. The summed E-state index contributed by atoms with van der Waals surface area (Å²) in [4.78, 5) is 11.8. The van der Waals surface area contributed by atoms with Gasteiger partial charge in [-0.25, -0.2) is 13.6 Å². The monoisotopic (exact) mass is 316 g/mol. The van der Waals surface area contributed by atoms with Gasteiger partial charge in [0.1, 0.15) is 11.4 Å². The molecule has 124 valence electrons. The smallest absolute Gasteiger partial charge is 0.412 e. The van der Waals surface area contributed by atoms with Crippen LogP contribution in [0.15, 0.2) is 18.2 Å². The van der Waals surface area contributed by atoms with Crippen molar-refractivity contribution >= 4 is 17.5 Å². The zero-order chi connectivity index (χ0) is 16.9. The molecule has 0 saturated heterocycles. The number of anilines is 2. The molecule has 0 aliphatic carbocycles. The van der Waals surface area contributed by atoms with Crippen LogP contribution in [0.2, 0.25) is 0 Å². The lowest BCUT2D eigenvalue weighted by Crippen LogP contribution is -2.28. The Morgan fingerprint density at radius 2 is 1.86 bits per heavy atom. The van der Waals surface area contributed by atoms with E-state index in [0.717, 1.165) is 0 Å². The molecular formula is C15H22F2N2O3. The number of benzene rings is 1. The van der Waals surface area contributed by atoms with Gasteiger partial charge in [0.05, 0.1) is 24.5 Å². The van der Waals surface area contributed by atoms with E-state index in [2.05, 4.69) is 10.6 Å². The van der Waals surface area contributed by atoms with Crippen LogP contribution in [0.5, 0.6) is 5.75 Å². The van der Waals surface area contributed by atoms with Crippen molar-refractivity contribution in [3.63, 3.8) is 0 Å². The van der Waals surface area contributed by atoms with E-state index in [4.69, 9.17) is 9.47 Å². The van der Waals surface area contributed by atoms with Crippen molar-refractivity contribution in [1.82, 2.24) is 0 Å². The fourth-order valence-corrected chi connectivity index (χ4v) is 1.60. The number of methoxy groups -OCH3 is 1. The summed E-state index contributed by atoms with van der Waals surface area (Å²) in [6.45, 7) is 6.55. The number of rotatable bonds is 5. The van der Waals surface area contributed by atoms with Gasteiger partial charge in [0, 0.05) is 6.07 Å². The molecule has 5 nitrogen and oxygen atoms in total. The Morgan fingerprint density at radius 3 is 2.36 bits per heavy atom. The Balaban J connectivity index is 2.95. The van der Waals surface area contributed by atoms with Crippen molar-refractivity contribution in [2.45, 2.75) is 45.8 Å². The summed E-state index contributed by atoms with van der Waals surface area (Å²) < 4.78 is 35.6. The maximum Gasteiger partial charge on any atom is 0.412 e. The first-order valence-electron chi connectivity index (χ1n) is 6.85. The number of amides is 1. The van der Waals surface area contributed by atoms with Gasteiger partial charge < -0.3 is 14.8 Å². The molecule has 0 bridgehead atoms. The largest absolute Gasteiger partial charge is 0.497 e. The molecule has 0 aliphatic rings. The van der Waals surface area contributed by atoms with Gasteiger partial charge in [-0.3, -0.25) is 5.32 Å². The third kappa shape index (κ3) is 5.75. The predicted octanol–water partition coefficient (Wildman–Crippen LogP) is 4.11. The number of carbonyl (C=O) groups excluding carboxylic acids is 1. The Labute approximate surface area is 129 Å². The number of hydrogen-bond donors (Lipinski definition) is 2. The maximum absolute atomic E-state index is 12.7. The summed E-state index contributed by atoms with van der Waals surface area (Å²) in [6, 6.07) is 3.63. The van der Waals surface area contributed by atoms with Crippen molar-refractivity contribution in [3.05, 3.63) is 18.2 Å². The molecule has 7 heteroatoms. The summed E-state index contributed by atoms with van der Waals surface area (Å²) in [5, 5.41) is 5.19. The van der Waals surface area contributed by atoms with Crippen molar-refractivity contribution < 1.29 is 23.0 Å². The van der Waals surface area contributed by atoms with Crippen molar-refractivity contribution in [2.75, 3.05) is 17.7 Å². The molecule has 0 aliphatic heterocycles. The molecule has 2 N–H and O–H groups in total. The lowest BCUT2D eigenvalue weighted by Gasteiger charge is -2.22. The second kappa shape index (κ2) is 7.29. The molecule has 1 rings (SSSR count). The number of nitrogens with one attached hydrogen (secondary N) is 2. The highest BCUT2D eigenvalue weighted by Gasteiger charge is 2.19. The van der Waals surface area contributed by atoms with E-state index >= 15 is 0 Å². The number of hydrogen-bond acceptors (Lipinski definition) is 4. The fraction of sp³-hybridized carbons (Fsp3) is 0.533. The number of ether oxygens (including phenoxy) is 2. The Bertz CT molecular complexity index is 516. The molecule has 0 radical (unpaired) electrons. The van der Waals surface area contributed by atoms with Crippen LogP contribution in [0, 0.1) is 0 Å². The van der Waals surface area contributed by atoms with Crippen LogP contribution in [-0.4, -0.2) is 31.3 Å². The minimum Gasteiger partial charge on any atom is -0.497 e. The molecule has 1 aromatic rings. The fourth-order valence-electron chi connectivity index (χ4n) is 1.60. The van der Waals surface area contributed by atoms with Crippen molar-refractivity contribution in [1.29, 1.82) is 0 Å². The molecule has 0 heterocycles. The Morgan fingerprint density at radius 1 is 1.23 bits per heavy atom. The van der Waals surface area contributed by atoms with Crippen molar-refractivity contribution in [3.8, 4) is 5.75 Å². The van der Waals surface area contributed by atoms with E-state index in [1.165, 1.54) is 20.1 Å². The summed E-state index contributed by atoms with van der Waals surface area (Å²) in [7, 11) is 1.47. The lowest BCUT2D eigenvalue weighted by molar-refractivity contribution is 0.0636. The van der Waals surface area contributed by atoms with Crippen LogP contribution in [0.25, 0.3) is 0 Å². The van der Waals surface area contributed by atoms with Crippen LogP contribution < -0.4 is 15.4 Å². The molecule has 1 aromatic carbocycles. The Hall–Kier alpha value is -2.05. The SMILES string of the molecule is COc1ccc(NC(=O)OC(C)(C)C)c(NC(C)C(F)F)c1. The van der Waals surface area contributed by atoms with E-state index in [9.17, 15) is 13.6 Å². The summed E-state index contributed by atoms with van der Waals surface area (Å²) in [6.07, 6.45) is -3.20. The van der Waals surface area contributed by atoms with Gasteiger partial charge in [-0.1, -0.05) is 0 Å². The third-order valence-electron chi connectivity index (χ3n) is 2.62. The first-order valence-corrected chi connectivity index (χ1v) is 6.85. The van der Waals surface area contributed by atoms with E-state index in [0.29, 0.717) is 17.1 Å². The second-order valence-corrected chi connectivity index (χ2v) is 5.81. The van der Waals surface area contributed by atoms with Gasteiger partial charge in [0.15, 0.2) is 0 Å². The molecule has 1 unspecified atom stereocenters. The highest BCUT2D eigenvalue weighted by atomic mass is 19.3. The predicted molar refractivity (Wildman–Crippen MR) is 81.9 cm³/mol. The first-order chi connectivity index (χ1) is 10.1. The molecule has 0 spiro atoms. The molecule has 0 fully saturated rings. The zero-order valence-corrected chi connectivity index (χ0v) is 13.4. The van der Waals surface area contributed by atoms with E-state index < -0.39 is 24.2 Å². The highest BCUT2D eigenvalue weighted by Crippen LogP contribution is 2.29. The van der Waals surface area contributed by atoms with Crippen LogP contribution in [0.4, 0.5) is 25.0 Å². The number of carbonyl (C=O) groups is 1. The molecule has 0 saturated carbocycles. The maximum atomic E-state index is 12.7. The minimum absolute atomic E-state index is 0.331. The molecule has 1 amide bonds. The topological polar surface area (TPSA) is 59.6 Å². The number of halogens is 2. The van der Waals surface area contributed by atoms with Crippen molar-refractivity contribution in [2.24, 2.45) is 0 Å². The van der Waals surface area contributed by atoms with Gasteiger partial charge in [0.2, 0.25) is 0 Å². The molecular weight excluding hydrogens is 294 g/mol. The van der Waals surface area contributed by atoms with Gasteiger partial charge >= 0.3 is 6.09 Å². The van der Waals surface area contributed by atoms with Crippen LogP contribution in [0.3, 0.4) is 0 Å². The normalized spacial score (nSPS) is 12.7. The molecule has 1 atom stereocenters. The van der Waals surface area contributed by atoms with Gasteiger partial charge in [0.25, 0.3) is 6.43 Å². The van der Waals surface area contributed by atoms with E-state index in [1.54, 1.807) is 32.9 Å². The van der Waals surface area contributed by atoms with Gasteiger partial charge in [-0.2, -0.15) is 0 Å². The van der Waals surface area contributed by atoms with Crippen LogP contribution >= 0.6 is 0 Å². The zero-order valence-electron chi connectivity index (χ0n) is 13.4. The summed E-state index contributed by atoms with van der Waals surface area (Å²) in [5.74, 6) is 0.485. The second-order valence-electron chi connectivity index (χ2n) is 5.81. The standard InChI is InChI=1S/C15H22F2N2O3/c1-9(13(16)17)18-12-8-10(21-5)6-7-11(12)19-14(20)22-15(2,3)4/h6-9,13,18H,1-5H3,(H,19,20). The van der Waals surface area contributed by atoms with Gasteiger partial charge in [-0.15, -0.1) is 0 Å². The van der Waals surface area contributed by atoms with E-state index in [1.807, 2.05) is 0 Å². The summed E-state index contributed by atoms with van der Waals surface area (Å²) in [5.41, 5.74) is 0.0148.